The number of para-hydroxylation sites is 1. The van der Waals surface area contributed by atoms with E-state index in [0.29, 0.717) is 6.42 Å². The lowest BCUT2D eigenvalue weighted by Crippen LogP contribution is -2.32. The van der Waals surface area contributed by atoms with E-state index < -0.39 is 11.7 Å². The average Bonchev–Trinajstić information content (AvgIpc) is 2.23. The highest BCUT2D eigenvalue weighted by Gasteiger charge is 2.34. The standard InChI is InChI=1S/C14H20F3NO/c1-13(2,3)8-10(18)9-19-12-7-5-4-6-11(12)14(15,16)17/h4-7,10H,8-9,18H2,1-3H3. The van der Waals surface area contributed by atoms with Crippen LogP contribution in [-0.4, -0.2) is 12.6 Å². The number of alkyl halides is 3. The van der Waals surface area contributed by atoms with Crippen molar-refractivity contribution >= 4 is 0 Å². The molecule has 0 fully saturated rings. The van der Waals surface area contributed by atoms with Gasteiger partial charge < -0.3 is 10.5 Å². The van der Waals surface area contributed by atoms with Crippen LogP contribution in [0.15, 0.2) is 24.3 Å². The zero-order valence-electron chi connectivity index (χ0n) is 11.4. The van der Waals surface area contributed by atoms with Gasteiger partial charge in [0.25, 0.3) is 0 Å². The largest absolute Gasteiger partial charge is 0.491 e. The van der Waals surface area contributed by atoms with Gasteiger partial charge in [0.2, 0.25) is 0 Å². The van der Waals surface area contributed by atoms with Crippen LogP contribution in [0.5, 0.6) is 5.75 Å². The Morgan fingerprint density at radius 1 is 1.16 bits per heavy atom. The summed E-state index contributed by atoms with van der Waals surface area (Å²) in [6.45, 7) is 6.15. The van der Waals surface area contributed by atoms with Gasteiger partial charge in [-0.15, -0.1) is 0 Å². The van der Waals surface area contributed by atoms with Crippen LogP contribution in [0.1, 0.15) is 32.8 Å². The highest BCUT2D eigenvalue weighted by Crippen LogP contribution is 2.36. The molecule has 0 spiro atoms. The minimum atomic E-state index is -4.41. The quantitative estimate of drug-likeness (QED) is 0.906. The number of hydrogen-bond acceptors (Lipinski definition) is 2. The maximum Gasteiger partial charge on any atom is 0.419 e. The number of nitrogens with two attached hydrogens (primary N) is 1. The molecule has 0 aromatic heterocycles. The van der Waals surface area contributed by atoms with Crippen LogP contribution in [0.4, 0.5) is 13.2 Å². The molecule has 1 unspecified atom stereocenters. The van der Waals surface area contributed by atoms with Gasteiger partial charge in [0, 0.05) is 6.04 Å². The monoisotopic (exact) mass is 275 g/mol. The lowest BCUT2D eigenvalue weighted by Gasteiger charge is -2.23. The molecule has 1 atom stereocenters. The average molecular weight is 275 g/mol. The van der Waals surface area contributed by atoms with Crippen LogP contribution < -0.4 is 10.5 Å². The van der Waals surface area contributed by atoms with Crippen molar-refractivity contribution in [3.63, 3.8) is 0 Å². The summed E-state index contributed by atoms with van der Waals surface area (Å²) in [6.07, 6.45) is -3.73. The summed E-state index contributed by atoms with van der Waals surface area (Å²) in [6, 6.07) is 4.88. The van der Waals surface area contributed by atoms with Crippen LogP contribution in [0.3, 0.4) is 0 Å². The van der Waals surface area contributed by atoms with E-state index in [9.17, 15) is 13.2 Å². The minimum absolute atomic E-state index is 0.0202. The Bertz CT molecular complexity index is 410. The Kier molecular flexibility index (Phi) is 4.85. The summed E-state index contributed by atoms with van der Waals surface area (Å²) in [7, 11) is 0. The van der Waals surface area contributed by atoms with Gasteiger partial charge in [-0.05, 0) is 24.0 Å². The van der Waals surface area contributed by atoms with Crippen molar-refractivity contribution in [1.29, 1.82) is 0 Å². The summed E-state index contributed by atoms with van der Waals surface area (Å²) < 4.78 is 43.4. The van der Waals surface area contributed by atoms with Crippen molar-refractivity contribution in [2.24, 2.45) is 11.1 Å². The molecular weight excluding hydrogens is 255 g/mol. The Morgan fingerprint density at radius 3 is 2.26 bits per heavy atom. The summed E-state index contributed by atoms with van der Waals surface area (Å²) in [5.74, 6) is -0.167. The fourth-order valence-corrected chi connectivity index (χ4v) is 1.87. The second kappa shape index (κ2) is 5.82. The molecule has 0 heterocycles. The number of rotatable bonds is 4. The smallest absolute Gasteiger partial charge is 0.419 e. The highest BCUT2D eigenvalue weighted by atomic mass is 19.4. The Balaban J connectivity index is 2.68. The third-order valence-electron chi connectivity index (χ3n) is 2.52. The predicted octanol–water partition coefficient (Wildman–Crippen LogP) is 3.85. The van der Waals surface area contributed by atoms with Crippen LogP contribution in [0.2, 0.25) is 0 Å². The summed E-state index contributed by atoms with van der Waals surface area (Å²) in [4.78, 5) is 0. The molecular formula is C14H20F3NO. The van der Waals surface area contributed by atoms with E-state index in [-0.39, 0.29) is 23.8 Å². The number of benzene rings is 1. The van der Waals surface area contributed by atoms with E-state index in [2.05, 4.69) is 0 Å². The molecule has 108 valence electrons. The predicted molar refractivity (Wildman–Crippen MR) is 69.0 cm³/mol. The number of hydrogen-bond donors (Lipinski definition) is 1. The van der Waals surface area contributed by atoms with Crippen molar-refractivity contribution in [3.05, 3.63) is 29.8 Å². The third-order valence-corrected chi connectivity index (χ3v) is 2.52. The number of ether oxygens (including phenoxy) is 1. The van der Waals surface area contributed by atoms with Crippen LogP contribution in [0.25, 0.3) is 0 Å². The van der Waals surface area contributed by atoms with E-state index in [1.807, 2.05) is 20.8 Å². The third kappa shape index (κ3) is 5.51. The molecule has 0 bridgehead atoms. The van der Waals surface area contributed by atoms with E-state index >= 15 is 0 Å². The second-order valence-corrected chi connectivity index (χ2v) is 5.83. The molecule has 19 heavy (non-hydrogen) atoms. The van der Waals surface area contributed by atoms with Crippen molar-refractivity contribution in [3.8, 4) is 5.75 Å². The summed E-state index contributed by atoms with van der Waals surface area (Å²) >= 11 is 0. The topological polar surface area (TPSA) is 35.2 Å². The first-order valence-electron chi connectivity index (χ1n) is 6.14. The molecule has 0 amide bonds. The first kappa shape index (κ1) is 15.8. The van der Waals surface area contributed by atoms with Crippen molar-refractivity contribution in [1.82, 2.24) is 0 Å². The van der Waals surface area contributed by atoms with Gasteiger partial charge in [0.05, 0.1) is 5.56 Å². The molecule has 0 aliphatic rings. The lowest BCUT2D eigenvalue weighted by molar-refractivity contribution is -0.139. The van der Waals surface area contributed by atoms with E-state index in [0.717, 1.165) is 6.07 Å². The van der Waals surface area contributed by atoms with Gasteiger partial charge in [0.1, 0.15) is 12.4 Å². The van der Waals surface area contributed by atoms with E-state index in [1.165, 1.54) is 18.2 Å². The Hall–Kier alpha value is -1.23. The zero-order valence-corrected chi connectivity index (χ0v) is 11.4. The fourth-order valence-electron chi connectivity index (χ4n) is 1.87. The fraction of sp³-hybridized carbons (Fsp3) is 0.571. The van der Waals surface area contributed by atoms with Gasteiger partial charge in [-0.1, -0.05) is 32.9 Å². The second-order valence-electron chi connectivity index (χ2n) is 5.83. The molecule has 0 aliphatic carbocycles. The molecule has 2 nitrogen and oxygen atoms in total. The van der Waals surface area contributed by atoms with Crippen molar-refractivity contribution in [2.45, 2.75) is 39.4 Å². The zero-order chi connectivity index (χ0) is 14.7. The number of halogens is 3. The normalized spacial score (nSPS) is 14.3. The molecule has 1 rings (SSSR count). The Morgan fingerprint density at radius 2 is 1.74 bits per heavy atom. The highest BCUT2D eigenvalue weighted by molar-refractivity contribution is 5.35. The van der Waals surface area contributed by atoms with Gasteiger partial charge in [-0.25, -0.2) is 0 Å². The van der Waals surface area contributed by atoms with Gasteiger partial charge in [-0.2, -0.15) is 13.2 Å². The molecule has 0 saturated carbocycles. The summed E-state index contributed by atoms with van der Waals surface area (Å²) in [5.41, 5.74) is 5.11. The SMILES string of the molecule is CC(C)(C)CC(N)COc1ccccc1C(F)(F)F. The van der Waals surface area contributed by atoms with Gasteiger partial charge >= 0.3 is 6.18 Å². The van der Waals surface area contributed by atoms with Crippen molar-refractivity contribution < 1.29 is 17.9 Å². The maximum absolute atomic E-state index is 12.7. The van der Waals surface area contributed by atoms with Crippen LogP contribution in [0, 0.1) is 5.41 Å². The van der Waals surface area contributed by atoms with E-state index in [1.54, 1.807) is 0 Å². The lowest BCUT2D eigenvalue weighted by atomic mass is 9.89. The minimum Gasteiger partial charge on any atom is -0.491 e. The van der Waals surface area contributed by atoms with E-state index in [4.69, 9.17) is 10.5 Å². The molecule has 0 saturated heterocycles. The molecule has 0 aliphatic heterocycles. The summed E-state index contributed by atoms with van der Waals surface area (Å²) in [5, 5.41) is 0. The van der Waals surface area contributed by atoms with Gasteiger partial charge in [-0.3, -0.25) is 0 Å². The molecule has 2 N–H and O–H groups in total. The molecule has 5 heteroatoms. The maximum atomic E-state index is 12.7. The van der Waals surface area contributed by atoms with Gasteiger partial charge in [0.15, 0.2) is 0 Å². The van der Waals surface area contributed by atoms with Crippen LogP contribution >= 0.6 is 0 Å². The first-order chi connectivity index (χ1) is 8.59. The molecule has 1 aromatic rings. The molecule has 0 radical (unpaired) electrons. The first-order valence-corrected chi connectivity index (χ1v) is 6.14. The van der Waals surface area contributed by atoms with Crippen molar-refractivity contribution in [2.75, 3.05) is 6.61 Å². The van der Waals surface area contributed by atoms with Crippen LogP contribution in [-0.2, 0) is 6.18 Å². The molecule has 1 aromatic carbocycles. The Labute approximate surface area is 111 Å².